The molecule has 7 heteroatoms. The van der Waals surface area contributed by atoms with Crippen molar-refractivity contribution in [3.8, 4) is 0 Å². The van der Waals surface area contributed by atoms with Gasteiger partial charge in [0, 0.05) is 21.7 Å². The molecule has 0 aliphatic carbocycles. The number of carbonyl (C=O) groups excluding carboxylic acids is 2. The van der Waals surface area contributed by atoms with Crippen LogP contribution in [-0.2, 0) is 4.79 Å². The van der Waals surface area contributed by atoms with E-state index >= 15 is 0 Å². The van der Waals surface area contributed by atoms with Crippen LogP contribution in [0.15, 0.2) is 18.2 Å². The fourth-order valence-corrected chi connectivity index (χ4v) is 3.15. The quantitative estimate of drug-likeness (QED) is 0.906. The van der Waals surface area contributed by atoms with Gasteiger partial charge in [-0.05, 0) is 25.1 Å². The number of carbonyl (C=O) groups is 2. The monoisotopic (exact) mass is 311 g/mol. The van der Waals surface area contributed by atoms with Crippen LogP contribution in [0, 0.1) is 0 Å². The van der Waals surface area contributed by atoms with Gasteiger partial charge in [0.05, 0.1) is 12.2 Å². The van der Waals surface area contributed by atoms with Gasteiger partial charge < -0.3 is 16.4 Å². The van der Waals surface area contributed by atoms with Crippen LogP contribution in [0.1, 0.15) is 16.6 Å². The molecule has 2 rings (SSSR count). The molecular formula is C13H14ClN3O2S. The maximum Gasteiger partial charge on any atom is 0.266 e. The lowest BCUT2D eigenvalue weighted by Crippen LogP contribution is -2.38. The molecule has 0 fully saturated rings. The molecule has 1 heterocycles. The molecule has 5 nitrogen and oxygen atoms in total. The van der Waals surface area contributed by atoms with Crippen LogP contribution in [0.25, 0.3) is 10.1 Å². The zero-order chi connectivity index (χ0) is 14.9. The van der Waals surface area contributed by atoms with E-state index in [2.05, 4.69) is 0 Å². The summed E-state index contributed by atoms with van der Waals surface area (Å²) in [7, 11) is 0. The van der Waals surface area contributed by atoms with E-state index in [1.54, 1.807) is 19.1 Å². The molecule has 0 saturated heterocycles. The van der Waals surface area contributed by atoms with Crippen LogP contribution in [0.2, 0.25) is 5.02 Å². The molecule has 0 aliphatic rings. The lowest BCUT2D eigenvalue weighted by atomic mass is 10.2. The molecule has 1 aromatic carbocycles. The molecule has 106 valence electrons. The summed E-state index contributed by atoms with van der Waals surface area (Å²) >= 11 is 7.22. The molecule has 2 amide bonds. The standard InChI is InChI=1S/C13H14ClN3O2S/c1-2-17(6-10(15)18)13(19)12-11(16)8-5-7(14)3-4-9(8)20-12/h3-5H,2,6,16H2,1H3,(H2,15,18). The van der Waals surface area contributed by atoms with E-state index in [0.29, 0.717) is 22.1 Å². The van der Waals surface area contributed by atoms with Crippen molar-refractivity contribution in [1.82, 2.24) is 4.90 Å². The number of benzene rings is 1. The molecule has 4 N–H and O–H groups in total. The molecule has 0 unspecified atom stereocenters. The number of halogens is 1. The second kappa shape index (κ2) is 5.68. The molecule has 20 heavy (non-hydrogen) atoms. The predicted molar refractivity (Wildman–Crippen MR) is 82.0 cm³/mol. The van der Waals surface area contributed by atoms with Crippen molar-refractivity contribution in [3.63, 3.8) is 0 Å². The van der Waals surface area contributed by atoms with Gasteiger partial charge in [-0.1, -0.05) is 11.6 Å². The number of nitrogen functional groups attached to an aromatic ring is 1. The third-order valence-electron chi connectivity index (χ3n) is 2.90. The van der Waals surface area contributed by atoms with Crippen LogP contribution >= 0.6 is 22.9 Å². The van der Waals surface area contributed by atoms with Crippen LogP contribution in [0.5, 0.6) is 0 Å². The summed E-state index contributed by atoms with van der Waals surface area (Å²) in [6.07, 6.45) is 0. The topological polar surface area (TPSA) is 89.4 Å². The van der Waals surface area contributed by atoms with Gasteiger partial charge in [0.25, 0.3) is 5.91 Å². The Hall–Kier alpha value is -1.79. The fourth-order valence-electron chi connectivity index (χ4n) is 1.91. The van der Waals surface area contributed by atoms with Crippen molar-refractivity contribution in [2.45, 2.75) is 6.92 Å². The fraction of sp³-hybridized carbons (Fsp3) is 0.231. The Bertz CT molecular complexity index is 684. The number of anilines is 1. The Balaban J connectivity index is 2.44. The zero-order valence-corrected chi connectivity index (χ0v) is 12.4. The number of nitrogens with zero attached hydrogens (tertiary/aromatic N) is 1. The maximum absolute atomic E-state index is 12.4. The highest BCUT2D eigenvalue weighted by atomic mass is 35.5. The Morgan fingerprint density at radius 2 is 2.10 bits per heavy atom. The molecule has 2 aromatic rings. The van der Waals surface area contributed by atoms with Crippen LogP contribution in [0.4, 0.5) is 5.69 Å². The Kier molecular flexibility index (Phi) is 4.15. The van der Waals surface area contributed by atoms with Gasteiger partial charge in [0.1, 0.15) is 4.88 Å². The minimum absolute atomic E-state index is 0.121. The van der Waals surface area contributed by atoms with Crippen molar-refractivity contribution in [3.05, 3.63) is 28.1 Å². The number of fused-ring (bicyclic) bond motifs is 1. The van der Waals surface area contributed by atoms with E-state index < -0.39 is 5.91 Å². The summed E-state index contributed by atoms with van der Waals surface area (Å²) in [5.41, 5.74) is 11.5. The lowest BCUT2D eigenvalue weighted by Gasteiger charge is -2.18. The van der Waals surface area contributed by atoms with Crippen LogP contribution < -0.4 is 11.5 Å². The summed E-state index contributed by atoms with van der Waals surface area (Å²) in [6.45, 7) is 2.04. The van der Waals surface area contributed by atoms with E-state index in [9.17, 15) is 9.59 Å². The smallest absolute Gasteiger partial charge is 0.266 e. The molecule has 1 aromatic heterocycles. The number of hydrogen-bond acceptors (Lipinski definition) is 4. The normalized spacial score (nSPS) is 10.7. The Labute approximate surface area is 125 Å². The number of rotatable bonds is 4. The summed E-state index contributed by atoms with van der Waals surface area (Å²) in [5.74, 6) is -0.843. The summed E-state index contributed by atoms with van der Waals surface area (Å²) in [5, 5.41) is 1.31. The summed E-state index contributed by atoms with van der Waals surface area (Å²) in [4.78, 5) is 25.2. The number of amides is 2. The molecule has 0 spiro atoms. The van der Waals surface area contributed by atoms with Crippen molar-refractivity contribution < 1.29 is 9.59 Å². The highest BCUT2D eigenvalue weighted by Gasteiger charge is 2.22. The second-order valence-corrected chi connectivity index (χ2v) is 5.76. The van der Waals surface area contributed by atoms with Crippen molar-refractivity contribution in [1.29, 1.82) is 0 Å². The highest BCUT2D eigenvalue weighted by molar-refractivity contribution is 7.21. The van der Waals surface area contributed by atoms with Gasteiger partial charge in [-0.15, -0.1) is 11.3 Å². The number of hydrogen-bond donors (Lipinski definition) is 2. The summed E-state index contributed by atoms with van der Waals surface area (Å²) in [6, 6.07) is 5.29. The number of likely N-dealkylation sites (N-methyl/N-ethyl adjacent to an activating group) is 1. The first kappa shape index (κ1) is 14.6. The largest absolute Gasteiger partial charge is 0.397 e. The van der Waals surface area contributed by atoms with Crippen molar-refractivity contribution >= 4 is 50.5 Å². The third-order valence-corrected chi connectivity index (χ3v) is 4.31. The highest BCUT2D eigenvalue weighted by Crippen LogP contribution is 2.35. The van der Waals surface area contributed by atoms with E-state index in [0.717, 1.165) is 10.1 Å². The maximum atomic E-state index is 12.4. The Morgan fingerprint density at radius 3 is 2.70 bits per heavy atom. The van der Waals surface area contributed by atoms with Crippen LogP contribution in [-0.4, -0.2) is 29.8 Å². The molecule has 0 saturated carbocycles. The average molecular weight is 312 g/mol. The van der Waals surface area contributed by atoms with E-state index in [4.69, 9.17) is 23.1 Å². The summed E-state index contributed by atoms with van der Waals surface area (Å²) < 4.78 is 0.880. The molecule has 0 atom stereocenters. The van der Waals surface area contributed by atoms with Crippen molar-refractivity contribution in [2.75, 3.05) is 18.8 Å². The number of primary amides is 1. The second-order valence-electron chi connectivity index (χ2n) is 4.27. The third kappa shape index (κ3) is 2.71. The van der Waals surface area contributed by atoms with Gasteiger partial charge in [-0.3, -0.25) is 9.59 Å². The first-order valence-electron chi connectivity index (χ1n) is 5.99. The van der Waals surface area contributed by atoms with Gasteiger partial charge in [0.2, 0.25) is 5.91 Å². The molecule has 0 bridgehead atoms. The minimum atomic E-state index is -0.553. The molecule has 0 aliphatic heterocycles. The van der Waals surface area contributed by atoms with Crippen LogP contribution in [0.3, 0.4) is 0 Å². The molecule has 0 radical (unpaired) electrons. The van der Waals surface area contributed by atoms with Gasteiger partial charge in [-0.2, -0.15) is 0 Å². The predicted octanol–water partition coefficient (Wildman–Crippen LogP) is 2.08. The van der Waals surface area contributed by atoms with Gasteiger partial charge in [-0.25, -0.2) is 0 Å². The van der Waals surface area contributed by atoms with Crippen molar-refractivity contribution in [2.24, 2.45) is 5.73 Å². The minimum Gasteiger partial charge on any atom is -0.397 e. The Morgan fingerprint density at radius 1 is 1.40 bits per heavy atom. The first-order chi connectivity index (χ1) is 9.43. The number of nitrogens with two attached hydrogens (primary N) is 2. The molecular weight excluding hydrogens is 298 g/mol. The van der Waals surface area contributed by atoms with E-state index in [1.165, 1.54) is 16.2 Å². The SMILES string of the molecule is CCN(CC(N)=O)C(=O)c1sc2ccc(Cl)cc2c1N. The number of thiophene rings is 1. The van der Waals surface area contributed by atoms with Gasteiger partial charge >= 0.3 is 0 Å². The van der Waals surface area contributed by atoms with Gasteiger partial charge in [0.15, 0.2) is 0 Å². The lowest BCUT2D eigenvalue weighted by molar-refractivity contribution is -0.118. The van der Waals surface area contributed by atoms with E-state index in [1.807, 2.05) is 6.07 Å². The first-order valence-corrected chi connectivity index (χ1v) is 7.18. The zero-order valence-electron chi connectivity index (χ0n) is 10.9. The average Bonchev–Trinajstić information content (AvgIpc) is 2.72. The van der Waals surface area contributed by atoms with E-state index in [-0.39, 0.29) is 12.5 Å².